The number of nitro benzene ring substituents is 1. The molecular formula is C14H11ClF4N4O4. The molecule has 0 bridgehead atoms. The molecule has 0 spiro atoms. The fourth-order valence-corrected chi connectivity index (χ4v) is 2.46. The van der Waals surface area contributed by atoms with Crippen molar-refractivity contribution in [1.82, 2.24) is 9.78 Å². The van der Waals surface area contributed by atoms with Gasteiger partial charge in [-0.3, -0.25) is 19.6 Å². The van der Waals surface area contributed by atoms with Crippen molar-refractivity contribution >= 4 is 28.9 Å². The van der Waals surface area contributed by atoms with Crippen LogP contribution in [0.1, 0.15) is 24.2 Å². The second-order valence-electron chi connectivity index (χ2n) is 5.03. The van der Waals surface area contributed by atoms with Gasteiger partial charge in [0.2, 0.25) is 5.91 Å². The maximum Gasteiger partial charge on any atom is 0.283 e. The average molecular weight is 411 g/mol. The van der Waals surface area contributed by atoms with Crippen LogP contribution in [-0.4, -0.2) is 27.7 Å². The highest BCUT2D eigenvalue weighted by Crippen LogP contribution is 2.35. The smallest absolute Gasteiger partial charge is 0.283 e. The van der Waals surface area contributed by atoms with Crippen molar-refractivity contribution in [3.8, 4) is 5.75 Å². The number of amides is 1. The number of nitrogens with one attached hydrogen (secondary N) is 1. The maximum absolute atomic E-state index is 13.1. The van der Waals surface area contributed by atoms with Crippen molar-refractivity contribution in [2.24, 2.45) is 0 Å². The van der Waals surface area contributed by atoms with E-state index >= 15 is 0 Å². The van der Waals surface area contributed by atoms with E-state index in [2.05, 4.69) is 10.4 Å². The second-order valence-corrected chi connectivity index (χ2v) is 5.41. The van der Waals surface area contributed by atoms with Crippen LogP contribution in [0.4, 0.5) is 28.9 Å². The third-order valence-electron chi connectivity index (χ3n) is 3.33. The van der Waals surface area contributed by atoms with Crippen molar-refractivity contribution in [1.29, 1.82) is 0 Å². The monoisotopic (exact) mass is 410 g/mol. The number of benzene rings is 1. The molecule has 2 aromatic rings. The number of nitro groups is 1. The summed E-state index contributed by atoms with van der Waals surface area (Å²) in [6.45, 7) is -0.841. The Morgan fingerprint density at radius 1 is 1.37 bits per heavy atom. The number of hydrogen-bond acceptors (Lipinski definition) is 5. The van der Waals surface area contributed by atoms with Crippen LogP contribution in [-0.2, 0) is 11.3 Å². The summed E-state index contributed by atoms with van der Waals surface area (Å²) in [7, 11) is 1.20. The van der Waals surface area contributed by atoms with Crippen LogP contribution in [0.15, 0.2) is 18.2 Å². The standard InChI is InChI=1S/C14H11ClF4N4O4/c1-27-8-4-6(23(25)26)2-3-7(8)20-9(24)5-22-12(14(18)19)10(15)11(21-22)13(16)17/h2-4,13-14H,5H2,1H3,(H,20,24). The largest absolute Gasteiger partial charge is 0.494 e. The number of methoxy groups -OCH3 is 1. The van der Waals surface area contributed by atoms with Gasteiger partial charge < -0.3 is 10.1 Å². The normalized spacial score (nSPS) is 11.1. The first-order chi connectivity index (χ1) is 12.6. The number of alkyl halides is 4. The van der Waals surface area contributed by atoms with Crippen molar-refractivity contribution < 1.29 is 32.0 Å². The first-order valence-electron chi connectivity index (χ1n) is 7.10. The quantitative estimate of drug-likeness (QED) is 0.423. The minimum Gasteiger partial charge on any atom is -0.494 e. The zero-order valence-corrected chi connectivity index (χ0v) is 14.2. The number of ether oxygens (including phenoxy) is 1. The topological polar surface area (TPSA) is 99.3 Å². The number of halogens is 5. The summed E-state index contributed by atoms with van der Waals surface area (Å²) in [5.41, 5.74) is -2.37. The van der Waals surface area contributed by atoms with Crippen molar-refractivity contribution in [3.05, 3.63) is 44.7 Å². The molecule has 1 aromatic heterocycles. The number of hydrogen-bond donors (Lipinski definition) is 1. The maximum atomic E-state index is 13.1. The molecule has 2 rings (SSSR count). The summed E-state index contributed by atoms with van der Waals surface area (Å²) in [6, 6.07) is 3.30. The molecule has 146 valence electrons. The van der Waals surface area contributed by atoms with E-state index < -0.39 is 46.6 Å². The molecule has 0 saturated heterocycles. The minimum atomic E-state index is -3.24. The van der Waals surface area contributed by atoms with E-state index in [1.165, 1.54) is 13.2 Å². The molecule has 0 aliphatic carbocycles. The molecule has 0 unspecified atom stereocenters. The van der Waals surface area contributed by atoms with Gasteiger partial charge in [0.25, 0.3) is 18.5 Å². The van der Waals surface area contributed by atoms with E-state index in [0.29, 0.717) is 4.68 Å². The molecule has 1 N–H and O–H groups in total. The van der Waals surface area contributed by atoms with Gasteiger partial charge in [-0.1, -0.05) is 11.6 Å². The van der Waals surface area contributed by atoms with Crippen molar-refractivity contribution in [2.75, 3.05) is 12.4 Å². The van der Waals surface area contributed by atoms with Crippen LogP contribution < -0.4 is 10.1 Å². The molecular weight excluding hydrogens is 400 g/mol. The third-order valence-corrected chi connectivity index (χ3v) is 3.72. The Hall–Kier alpha value is -2.89. The Bertz CT molecular complexity index is 875. The molecule has 0 saturated carbocycles. The summed E-state index contributed by atoms with van der Waals surface area (Å²) in [6.07, 6.45) is -6.44. The number of carbonyl (C=O) groups is 1. The average Bonchev–Trinajstić information content (AvgIpc) is 2.91. The highest BCUT2D eigenvalue weighted by Gasteiger charge is 2.28. The van der Waals surface area contributed by atoms with E-state index in [-0.39, 0.29) is 17.1 Å². The van der Waals surface area contributed by atoms with E-state index in [1.54, 1.807) is 0 Å². The van der Waals surface area contributed by atoms with Crippen LogP contribution >= 0.6 is 11.6 Å². The molecule has 0 aliphatic rings. The van der Waals surface area contributed by atoms with Gasteiger partial charge in [-0.15, -0.1) is 0 Å². The van der Waals surface area contributed by atoms with Crippen LogP contribution in [0.3, 0.4) is 0 Å². The molecule has 8 nitrogen and oxygen atoms in total. The summed E-state index contributed by atoms with van der Waals surface area (Å²) < 4.78 is 57.0. The van der Waals surface area contributed by atoms with Gasteiger partial charge in [0.05, 0.1) is 28.8 Å². The van der Waals surface area contributed by atoms with Gasteiger partial charge in [-0.2, -0.15) is 5.10 Å². The Labute approximate surface area is 153 Å². The zero-order valence-electron chi connectivity index (χ0n) is 13.5. The molecule has 1 aromatic carbocycles. The van der Waals surface area contributed by atoms with Gasteiger partial charge in [-0.25, -0.2) is 17.6 Å². The first kappa shape index (κ1) is 20.4. The lowest BCUT2D eigenvalue weighted by Gasteiger charge is -2.11. The van der Waals surface area contributed by atoms with Gasteiger partial charge >= 0.3 is 0 Å². The SMILES string of the molecule is COc1cc([N+](=O)[O-])ccc1NC(=O)Cn1nc(C(F)F)c(Cl)c1C(F)F. The highest BCUT2D eigenvalue weighted by molar-refractivity contribution is 6.32. The van der Waals surface area contributed by atoms with Crippen LogP contribution in [0.2, 0.25) is 5.02 Å². The first-order valence-corrected chi connectivity index (χ1v) is 7.48. The fourth-order valence-electron chi connectivity index (χ4n) is 2.16. The fraction of sp³-hybridized carbons (Fsp3) is 0.286. The predicted octanol–water partition coefficient (Wildman–Crippen LogP) is 3.97. The Kier molecular flexibility index (Phi) is 6.20. The Morgan fingerprint density at radius 3 is 2.56 bits per heavy atom. The molecule has 13 heteroatoms. The highest BCUT2D eigenvalue weighted by atomic mass is 35.5. The molecule has 1 heterocycles. The molecule has 0 atom stereocenters. The molecule has 0 radical (unpaired) electrons. The summed E-state index contributed by atoms with van der Waals surface area (Å²) >= 11 is 5.50. The van der Waals surface area contributed by atoms with E-state index in [0.717, 1.165) is 12.1 Å². The summed E-state index contributed by atoms with van der Waals surface area (Å²) in [4.78, 5) is 22.2. The molecule has 27 heavy (non-hydrogen) atoms. The second kappa shape index (κ2) is 8.20. The Morgan fingerprint density at radius 2 is 2.04 bits per heavy atom. The Balaban J connectivity index is 2.26. The van der Waals surface area contributed by atoms with Crippen LogP contribution in [0, 0.1) is 10.1 Å². The lowest BCUT2D eigenvalue weighted by Crippen LogP contribution is -2.21. The molecule has 0 fully saturated rings. The van der Waals surface area contributed by atoms with Crippen LogP contribution in [0.25, 0.3) is 0 Å². The number of carbonyl (C=O) groups excluding carboxylic acids is 1. The van der Waals surface area contributed by atoms with Crippen molar-refractivity contribution in [3.63, 3.8) is 0 Å². The lowest BCUT2D eigenvalue weighted by atomic mass is 10.2. The van der Waals surface area contributed by atoms with E-state index in [4.69, 9.17) is 16.3 Å². The predicted molar refractivity (Wildman–Crippen MR) is 85.4 cm³/mol. The lowest BCUT2D eigenvalue weighted by molar-refractivity contribution is -0.384. The summed E-state index contributed by atoms with van der Waals surface area (Å²) in [5, 5.41) is 15.4. The number of nitrogens with zero attached hydrogens (tertiary/aromatic N) is 3. The molecule has 1 amide bonds. The van der Waals surface area contributed by atoms with Gasteiger partial charge in [0.15, 0.2) is 0 Å². The van der Waals surface area contributed by atoms with E-state index in [9.17, 15) is 32.5 Å². The minimum absolute atomic E-state index is 0.0130. The van der Waals surface area contributed by atoms with Crippen molar-refractivity contribution in [2.45, 2.75) is 19.4 Å². The van der Waals surface area contributed by atoms with E-state index in [1.807, 2.05) is 0 Å². The number of non-ortho nitro benzene ring substituents is 1. The summed E-state index contributed by atoms with van der Waals surface area (Å²) in [5.74, 6) is -0.970. The third kappa shape index (κ3) is 4.45. The number of anilines is 1. The van der Waals surface area contributed by atoms with Crippen LogP contribution in [0.5, 0.6) is 5.75 Å². The number of aromatic nitrogens is 2. The van der Waals surface area contributed by atoms with Gasteiger partial charge in [0, 0.05) is 6.07 Å². The van der Waals surface area contributed by atoms with Gasteiger partial charge in [0.1, 0.15) is 23.7 Å². The van der Waals surface area contributed by atoms with Gasteiger partial charge in [-0.05, 0) is 6.07 Å². The zero-order chi connectivity index (χ0) is 20.3. The number of rotatable bonds is 7. The molecule has 0 aliphatic heterocycles.